The number of carboxylic acids is 1. The molecule has 0 unspecified atom stereocenters. The summed E-state index contributed by atoms with van der Waals surface area (Å²) < 4.78 is 6.87. The fourth-order valence-corrected chi connectivity index (χ4v) is 4.93. The minimum Gasteiger partial charge on any atom is -0.487 e. The van der Waals surface area contributed by atoms with Crippen molar-refractivity contribution >= 4 is 72.5 Å². The van der Waals surface area contributed by atoms with Crippen LogP contribution in [0.3, 0.4) is 0 Å². The average molecular weight is 572 g/mol. The van der Waals surface area contributed by atoms with Gasteiger partial charge in [-0.15, -0.1) is 0 Å². The highest BCUT2D eigenvalue weighted by atomic mass is 79.9. The van der Waals surface area contributed by atoms with E-state index in [1.807, 2.05) is 0 Å². The second-order valence-corrected chi connectivity index (χ2v) is 8.89. The van der Waals surface area contributed by atoms with E-state index in [4.69, 9.17) is 9.84 Å². The maximum atomic E-state index is 12.3. The third kappa shape index (κ3) is 5.51. The molecule has 1 fully saturated rings. The van der Waals surface area contributed by atoms with Gasteiger partial charge in [0.25, 0.3) is 16.8 Å². The van der Waals surface area contributed by atoms with Gasteiger partial charge in [-0.2, -0.15) is 0 Å². The molecule has 1 heterocycles. The molecule has 0 spiro atoms. The number of nitro groups is 1. The van der Waals surface area contributed by atoms with Gasteiger partial charge in [-0.1, -0.05) is 12.1 Å². The molecule has 0 bridgehead atoms. The molecule has 9 nitrogen and oxygen atoms in total. The van der Waals surface area contributed by atoms with Crippen LogP contribution in [-0.4, -0.2) is 38.6 Å². The minimum atomic E-state index is -1.28. The van der Waals surface area contributed by atoms with Gasteiger partial charge in [0.1, 0.15) is 18.9 Å². The highest BCUT2D eigenvalue weighted by molar-refractivity contribution is 9.11. The highest BCUT2D eigenvalue weighted by Crippen LogP contribution is 2.38. The van der Waals surface area contributed by atoms with Crippen LogP contribution in [0.2, 0.25) is 0 Å². The van der Waals surface area contributed by atoms with Crippen LogP contribution in [-0.2, 0) is 16.2 Å². The molecule has 0 atom stereocenters. The lowest BCUT2D eigenvalue weighted by molar-refractivity contribution is -0.384. The third-order valence-electron chi connectivity index (χ3n) is 3.99. The standard InChI is InChI=1S/C19H12Br2N2O7S/c20-13-5-11(7-15-18(26)22(8-16(24)25)19(27)31-15)6-14(21)17(13)30-9-10-2-1-3-12(4-10)23(28)29/h1-7H,8-9H2,(H,24,25)/b15-7+. The number of nitro benzene ring substituents is 1. The zero-order valence-corrected chi connectivity index (χ0v) is 19.4. The van der Waals surface area contributed by atoms with Crippen molar-refractivity contribution in [2.24, 2.45) is 0 Å². The summed E-state index contributed by atoms with van der Waals surface area (Å²) in [7, 11) is 0. The zero-order valence-electron chi connectivity index (χ0n) is 15.4. The number of benzene rings is 2. The molecular weight excluding hydrogens is 560 g/mol. The van der Waals surface area contributed by atoms with E-state index in [0.29, 0.717) is 42.5 Å². The molecule has 2 aromatic carbocycles. The molecule has 3 rings (SSSR count). The second-order valence-electron chi connectivity index (χ2n) is 6.19. The fourth-order valence-electron chi connectivity index (χ4n) is 2.64. The van der Waals surface area contributed by atoms with E-state index >= 15 is 0 Å². The number of aliphatic carboxylic acids is 1. The Labute approximate surface area is 196 Å². The largest absolute Gasteiger partial charge is 0.487 e. The van der Waals surface area contributed by atoms with Crippen LogP contribution >= 0.6 is 43.6 Å². The number of thioether (sulfide) groups is 1. The number of carboxylic acid groups (broad SMARTS) is 1. The first-order chi connectivity index (χ1) is 14.7. The Kier molecular flexibility index (Phi) is 7.13. The summed E-state index contributed by atoms with van der Waals surface area (Å²) in [6.45, 7) is -0.605. The highest BCUT2D eigenvalue weighted by Gasteiger charge is 2.36. The Morgan fingerprint density at radius 3 is 2.52 bits per heavy atom. The summed E-state index contributed by atoms with van der Waals surface area (Å²) in [6.07, 6.45) is 1.48. The van der Waals surface area contributed by atoms with Crippen LogP contribution in [0.15, 0.2) is 50.2 Å². The van der Waals surface area contributed by atoms with Crippen molar-refractivity contribution in [1.82, 2.24) is 4.90 Å². The number of carbonyl (C=O) groups is 3. The second kappa shape index (κ2) is 9.62. The van der Waals surface area contributed by atoms with Gasteiger partial charge < -0.3 is 9.84 Å². The van der Waals surface area contributed by atoms with Gasteiger partial charge in [-0.3, -0.25) is 29.4 Å². The lowest BCUT2D eigenvalue weighted by Crippen LogP contribution is -2.33. The first-order valence-corrected chi connectivity index (χ1v) is 10.9. The van der Waals surface area contributed by atoms with Crippen molar-refractivity contribution in [3.8, 4) is 5.75 Å². The lowest BCUT2D eigenvalue weighted by Gasteiger charge is -2.12. The zero-order chi connectivity index (χ0) is 22.7. The molecule has 2 amide bonds. The molecule has 12 heteroatoms. The molecule has 1 aliphatic heterocycles. The van der Waals surface area contributed by atoms with Crippen LogP contribution in [0.5, 0.6) is 5.75 Å². The lowest BCUT2D eigenvalue weighted by atomic mass is 10.2. The first kappa shape index (κ1) is 23.0. The van der Waals surface area contributed by atoms with Gasteiger partial charge >= 0.3 is 5.97 Å². The molecular formula is C19H12Br2N2O7S. The maximum absolute atomic E-state index is 12.3. The van der Waals surface area contributed by atoms with E-state index in [2.05, 4.69) is 31.9 Å². The van der Waals surface area contributed by atoms with E-state index in [-0.39, 0.29) is 17.2 Å². The number of non-ortho nitro benzene ring substituents is 1. The van der Waals surface area contributed by atoms with Crippen LogP contribution in [0.25, 0.3) is 6.08 Å². The Morgan fingerprint density at radius 1 is 1.23 bits per heavy atom. The van der Waals surface area contributed by atoms with E-state index < -0.39 is 28.6 Å². The molecule has 31 heavy (non-hydrogen) atoms. The van der Waals surface area contributed by atoms with Crippen molar-refractivity contribution in [3.63, 3.8) is 0 Å². The molecule has 160 valence electrons. The third-order valence-corrected chi connectivity index (χ3v) is 6.08. The van der Waals surface area contributed by atoms with E-state index in [1.54, 1.807) is 24.3 Å². The quantitative estimate of drug-likeness (QED) is 0.285. The van der Waals surface area contributed by atoms with Crippen LogP contribution in [0.1, 0.15) is 11.1 Å². The van der Waals surface area contributed by atoms with Crippen molar-refractivity contribution < 1.29 is 29.2 Å². The summed E-state index contributed by atoms with van der Waals surface area (Å²) in [5.74, 6) is -1.50. The molecule has 1 aliphatic rings. The Morgan fingerprint density at radius 2 is 1.90 bits per heavy atom. The van der Waals surface area contributed by atoms with E-state index in [9.17, 15) is 24.5 Å². The van der Waals surface area contributed by atoms with Gasteiger partial charge in [-0.25, -0.2) is 0 Å². The number of carbonyl (C=O) groups excluding carboxylic acids is 2. The van der Waals surface area contributed by atoms with Gasteiger partial charge in [0.05, 0.1) is 18.8 Å². The average Bonchev–Trinajstić information content (AvgIpc) is 2.94. The molecule has 1 saturated heterocycles. The van der Waals surface area contributed by atoms with Crippen LogP contribution < -0.4 is 4.74 Å². The number of halogens is 2. The fraction of sp³-hybridized carbons (Fsp3) is 0.105. The van der Waals surface area contributed by atoms with Crippen LogP contribution in [0, 0.1) is 10.1 Å². The normalized spacial score (nSPS) is 14.9. The van der Waals surface area contributed by atoms with Gasteiger partial charge in [0.2, 0.25) is 0 Å². The molecule has 0 aromatic heterocycles. The van der Waals surface area contributed by atoms with Gasteiger partial charge in [0, 0.05) is 12.1 Å². The van der Waals surface area contributed by atoms with Crippen molar-refractivity contribution in [2.75, 3.05) is 6.54 Å². The number of rotatable bonds is 7. The molecule has 0 radical (unpaired) electrons. The summed E-state index contributed by atoms with van der Waals surface area (Å²) in [6, 6.07) is 9.42. The molecule has 0 saturated carbocycles. The minimum absolute atomic E-state index is 0.0357. The van der Waals surface area contributed by atoms with E-state index in [0.717, 1.165) is 0 Å². The number of hydrogen-bond donors (Lipinski definition) is 1. The maximum Gasteiger partial charge on any atom is 0.323 e. The summed E-state index contributed by atoms with van der Waals surface area (Å²) in [5.41, 5.74) is 1.15. The van der Waals surface area contributed by atoms with Crippen molar-refractivity contribution in [3.05, 3.63) is 71.5 Å². The Hall–Kier alpha value is -2.70. The predicted molar refractivity (Wildman–Crippen MR) is 120 cm³/mol. The van der Waals surface area contributed by atoms with Gasteiger partial charge in [-0.05, 0) is 73.0 Å². The molecule has 1 N–H and O–H groups in total. The number of amides is 2. The first-order valence-electron chi connectivity index (χ1n) is 8.48. The molecule has 0 aliphatic carbocycles. The van der Waals surface area contributed by atoms with Crippen LogP contribution in [0.4, 0.5) is 10.5 Å². The number of ether oxygens (including phenoxy) is 1. The molecule has 2 aromatic rings. The summed E-state index contributed by atoms with van der Waals surface area (Å²) >= 11 is 7.45. The van der Waals surface area contributed by atoms with Crippen molar-refractivity contribution in [1.29, 1.82) is 0 Å². The van der Waals surface area contributed by atoms with E-state index in [1.165, 1.54) is 18.2 Å². The smallest absolute Gasteiger partial charge is 0.323 e. The summed E-state index contributed by atoms with van der Waals surface area (Å²) in [5, 5.41) is 19.1. The summed E-state index contributed by atoms with van der Waals surface area (Å²) in [4.78, 5) is 46.2. The van der Waals surface area contributed by atoms with Gasteiger partial charge in [0.15, 0.2) is 0 Å². The Balaban J connectivity index is 1.78. The monoisotopic (exact) mass is 570 g/mol. The Bertz CT molecular complexity index is 1110. The number of imide groups is 1. The SMILES string of the molecule is O=C(O)CN1C(=O)S/C(=C/c2cc(Br)c(OCc3cccc([N+](=O)[O-])c3)c(Br)c2)C1=O. The number of hydrogen-bond acceptors (Lipinski definition) is 7. The number of nitrogens with zero attached hydrogens (tertiary/aromatic N) is 2. The predicted octanol–water partition coefficient (Wildman–Crippen LogP) is 4.82. The topological polar surface area (TPSA) is 127 Å². The van der Waals surface area contributed by atoms with Crippen molar-refractivity contribution in [2.45, 2.75) is 6.61 Å².